The van der Waals surface area contributed by atoms with Gasteiger partial charge in [0.15, 0.2) is 11.5 Å². The number of aryl methyl sites for hydroxylation is 1. The number of hydrogen-bond acceptors (Lipinski definition) is 4. The minimum absolute atomic E-state index is 0.690. The second-order valence-corrected chi connectivity index (χ2v) is 5.55. The maximum atomic E-state index is 6.33. The van der Waals surface area contributed by atoms with Crippen LogP contribution in [-0.4, -0.2) is 40.0 Å². The average Bonchev–Trinajstić information content (AvgIpc) is 2.71. The molecule has 4 nitrogen and oxygen atoms in total. The minimum Gasteiger partial charge on any atom is -0.490 e. The summed E-state index contributed by atoms with van der Waals surface area (Å²) in [6.07, 6.45) is 4.09. The van der Waals surface area contributed by atoms with Crippen LogP contribution < -0.4 is 14.8 Å². The largest absolute Gasteiger partial charge is 0.490 e. The molecule has 0 spiro atoms. The van der Waals surface area contributed by atoms with E-state index in [0.717, 1.165) is 67.5 Å². The molecule has 1 aromatic rings. The van der Waals surface area contributed by atoms with Gasteiger partial charge in [0.05, 0.1) is 19.8 Å². The van der Waals surface area contributed by atoms with Crippen molar-refractivity contribution in [2.75, 3.05) is 40.0 Å². The zero-order valence-electron chi connectivity index (χ0n) is 12.6. The first-order chi connectivity index (χ1) is 10.3. The van der Waals surface area contributed by atoms with Crippen molar-refractivity contribution in [1.29, 1.82) is 0 Å². The van der Waals surface area contributed by atoms with Crippen LogP contribution in [0.1, 0.15) is 24.8 Å². The molecular formula is C16H24ClNO3. The van der Waals surface area contributed by atoms with E-state index in [9.17, 15) is 0 Å². The molecule has 1 N–H and O–H groups in total. The van der Waals surface area contributed by atoms with Crippen LogP contribution in [0, 0.1) is 0 Å². The average molecular weight is 314 g/mol. The number of unbranched alkanes of at least 4 members (excludes halogenated alkanes) is 1. The number of rotatable bonds is 8. The molecule has 2 rings (SSSR count). The minimum atomic E-state index is 0.690. The van der Waals surface area contributed by atoms with Crippen LogP contribution in [0.15, 0.2) is 12.1 Å². The van der Waals surface area contributed by atoms with Gasteiger partial charge in [0, 0.05) is 31.2 Å². The Labute approximate surface area is 131 Å². The Morgan fingerprint density at radius 1 is 1.14 bits per heavy atom. The van der Waals surface area contributed by atoms with Crippen molar-refractivity contribution >= 4 is 11.6 Å². The van der Waals surface area contributed by atoms with Gasteiger partial charge in [-0.3, -0.25) is 0 Å². The van der Waals surface area contributed by atoms with Crippen molar-refractivity contribution in [3.8, 4) is 11.5 Å². The van der Waals surface area contributed by atoms with Crippen LogP contribution in [0.25, 0.3) is 0 Å². The van der Waals surface area contributed by atoms with Gasteiger partial charge in [-0.15, -0.1) is 0 Å². The lowest BCUT2D eigenvalue weighted by molar-refractivity contribution is 0.199. The first kappa shape index (κ1) is 16.4. The highest BCUT2D eigenvalue weighted by atomic mass is 35.5. The molecule has 0 fully saturated rings. The molecule has 118 valence electrons. The van der Waals surface area contributed by atoms with Crippen molar-refractivity contribution in [1.82, 2.24) is 5.32 Å². The molecule has 0 aliphatic carbocycles. The summed E-state index contributed by atoms with van der Waals surface area (Å²) in [6.45, 7) is 4.06. The Bertz CT molecular complexity index is 440. The van der Waals surface area contributed by atoms with E-state index < -0.39 is 0 Å². The summed E-state index contributed by atoms with van der Waals surface area (Å²) in [4.78, 5) is 0. The molecule has 0 unspecified atom stereocenters. The van der Waals surface area contributed by atoms with Crippen molar-refractivity contribution in [2.45, 2.75) is 25.7 Å². The Morgan fingerprint density at radius 3 is 2.67 bits per heavy atom. The molecule has 0 bridgehead atoms. The lowest BCUT2D eigenvalue weighted by Gasteiger charge is -2.11. The molecule has 0 amide bonds. The molecule has 1 aliphatic rings. The Balaban J connectivity index is 1.79. The molecule has 0 radical (unpaired) electrons. The Morgan fingerprint density at radius 2 is 1.90 bits per heavy atom. The zero-order valence-corrected chi connectivity index (χ0v) is 13.4. The quantitative estimate of drug-likeness (QED) is 0.749. The van der Waals surface area contributed by atoms with Crippen molar-refractivity contribution in [3.63, 3.8) is 0 Å². The number of fused-ring (bicyclic) bond motifs is 1. The van der Waals surface area contributed by atoms with Gasteiger partial charge in [-0.2, -0.15) is 0 Å². The van der Waals surface area contributed by atoms with E-state index >= 15 is 0 Å². The predicted octanol–water partition coefficient (Wildman–Crippen LogP) is 3.06. The summed E-state index contributed by atoms with van der Waals surface area (Å²) in [5, 5.41) is 4.11. The summed E-state index contributed by atoms with van der Waals surface area (Å²) < 4.78 is 16.3. The van der Waals surface area contributed by atoms with Crippen molar-refractivity contribution in [2.24, 2.45) is 0 Å². The van der Waals surface area contributed by atoms with E-state index in [0.29, 0.717) is 13.2 Å². The molecule has 0 saturated heterocycles. The normalized spacial score (nSPS) is 14.0. The zero-order chi connectivity index (χ0) is 14.9. The van der Waals surface area contributed by atoms with Crippen LogP contribution in [0.5, 0.6) is 11.5 Å². The van der Waals surface area contributed by atoms with Gasteiger partial charge < -0.3 is 19.5 Å². The van der Waals surface area contributed by atoms with E-state index in [1.54, 1.807) is 7.11 Å². The Kier molecular flexibility index (Phi) is 7.13. The summed E-state index contributed by atoms with van der Waals surface area (Å²) in [5.74, 6) is 1.59. The third-order valence-corrected chi connectivity index (χ3v) is 3.80. The van der Waals surface area contributed by atoms with Crippen molar-refractivity contribution < 1.29 is 14.2 Å². The maximum absolute atomic E-state index is 6.33. The van der Waals surface area contributed by atoms with Crippen LogP contribution in [0.2, 0.25) is 5.02 Å². The third-order valence-electron chi connectivity index (χ3n) is 3.45. The second-order valence-electron chi connectivity index (χ2n) is 5.14. The molecule has 1 heterocycles. The molecule has 0 atom stereocenters. The summed E-state index contributed by atoms with van der Waals surface area (Å²) in [7, 11) is 1.72. The highest BCUT2D eigenvalue weighted by molar-refractivity contribution is 6.31. The van der Waals surface area contributed by atoms with Gasteiger partial charge in [0.25, 0.3) is 0 Å². The number of benzene rings is 1. The third kappa shape index (κ3) is 5.38. The van der Waals surface area contributed by atoms with Crippen LogP contribution in [0.3, 0.4) is 0 Å². The maximum Gasteiger partial charge on any atom is 0.162 e. The highest BCUT2D eigenvalue weighted by Crippen LogP contribution is 2.35. The Hall–Kier alpha value is -0.970. The standard InChI is InChI=1S/C16H24ClNO3/c1-19-10-7-18-6-3-2-5-13-11-15-16(12-14(13)17)21-9-4-8-20-15/h11-12,18H,2-10H2,1H3. The van der Waals surface area contributed by atoms with Gasteiger partial charge >= 0.3 is 0 Å². The van der Waals surface area contributed by atoms with E-state index in [-0.39, 0.29) is 0 Å². The molecule has 5 heteroatoms. The number of hydrogen-bond donors (Lipinski definition) is 1. The molecule has 0 saturated carbocycles. The second kappa shape index (κ2) is 9.13. The fourth-order valence-corrected chi connectivity index (χ4v) is 2.53. The van der Waals surface area contributed by atoms with Crippen LogP contribution in [-0.2, 0) is 11.2 Å². The predicted molar refractivity (Wildman–Crippen MR) is 84.7 cm³/mol. The van der Waals surface area contributed by atoms with Crippen LogP contribution in [0.4, 0.5) is 0 Å². The monoisotopic (exact) mass is 313 g/mol. The lowest BCUT2D eigenvalue weighted by atomic mass is 10.1. The number of halogens is 1. The fourth-order valence-electron chi connectivity index (χ4n) is 2.28. The molecule has 1 aromatic carbocycles. The van der Waals surface area contributed by atoms with Gasteiger partial charge in [0.2, 0.25) is 0 Å². The summed E-state index contributed by atoms with van der Waals surface area (Å²) in [6, 6.07) is 3.91. The first-order valence-electron chi connectivity index (χ1n) is 7.59. The van der Waals surface area contributed by atoms with E-state index in [4.69, 9.17) is 25.8 Å². The van der Waals surface area contributed by atoms with E-state index in [1.165, 1.54) is 0 Å². The van der Waals surface area contributed by atoms with Gasteiger partial charge in [-0.05, 0) is 37.4 Å². The number of nitrogens with one attached hydrogen (secondary N) is 1. The number of ether oxygens (including phenoxy) is 3. The lowest BCUT2D eigenvalue weighted by Crippen LogP contribution is -2.20. The summed E-state index contributed by atoms with van der Waals surface area (Å²) >= 11 is 6.33. The SMILES string of the molecule is COCCNCCCCc1cc2c(cc1Cl)OCCCO2. The number of methoxy groups -OCH3 is 1. The van der Waals surface area contributed by atoms with Crippen LogP contribution >= 0.6 is 11.6 Å². The smallest absolute Gasteiger partial charge is 0.162 e. The topological polar surface area (TPSA) is 39.7 Å². The van der Waals surface area contributed by atoms with Gasteiger partial charge in [-0.1, -0.05) is 11.6 Å². The van der Waals surface area contributed by atoms with Gasteiger partial charge in [0.1, 0.15) is 0 Å². The molecule has 21 heavy (non-hydrogen) atoms. The molecule has 0 aromatic heterocycles. The fraction of sp³-hybridized carbons (Fsp3) is 0.625. The molecular weight excluding hydrogens is 290 g/mol. The van der Waals surface area contributed by atoms with Gasteiger partial charge in [-0.25, -0.2) is 0 Å². The molecule has 1 aliphatic heterocycles. The van der Waals surface area contributed by atoms with Crippen molar-refractivity contribution in [3.05, 3.63) is 22.7 Å². The van der Waals surface area contributed by atoms with E-state index in [1.807, 2.05) is 12.1 Å². The highest BCUT2D eigenvalue weighted by Gasteiger charge is 2.13. The van der Waals surface area contributed by atoms with E-state index in [2.05, 4.69) is 5.32 Å². The first-order valence-corrected chi connectivity index (χ1v) is 7.96. The summed E-state index contributed by atoms with van der Waals surface area (Å²) in [5.41, 5.74) is 1.14.